The number of benzene rings is 1. The number of nitrogens with zero attached hydrogens (tertiary/aromatic N) is 2. The molecule has 2 aliphatic heterocycles. The lowest BCUT2D eigenvalue weighted by Gasteiger charge is -2.45. The molecule has 0 bridgehead atoms. The molecule has 110 valence electrons. The molecule has 2 aliphatic rings. The molecule has 1 aromatic carbocycles. The van der Waals surface area contributed by atoms with E-state index in [1.807, 2.05) is 0 Å². The summed E-state index contributed by atoms with van der Waals surface area (Å²) in [6, 6.07) is 10.7. The molecule has 20 heavy (non-hydrogen) atoms. The van der Waals surface area contributed by atoms with Gasteiger partial charge < -0.3 is 4.90 Å². The molecule has 3 rings (SSSR count). The third-order valence-electron chi connectivity index (χ3n) is 5.13. The van der Waals surface area contributed by atoms with Gasteiger partial charge in [0.15, 0.2) is 0 Å². The van der Waals surface area contributed by atoms with Gasteiger partial charge in [-0.05, 0) is 49.4 Å². The third-order valence-corrected chi connectivity index (χ3v) is 5.13. The highest BCUT2D eigenvalue weighted by molar-refractivity contribution is 5.51. The molecule has 2 heteroatoms. The number of rotatable bonds is 3. The van der Waals surface area contributed by atoms with Crippen LogP contribution in [-0.2, 0) is 0 Å². The maximum atomic E-state index is 2.72. The highest BCUT2D eigenvalue weighted by Crippen LogP contribution is 2.31. The molecule has 0 aromatic heterocycles. The zero-order chi connectivity index (χ0) is 14.1. The van der Waals surface area contributed by atoms with Gasteiger partial charge in [-0.15, -0.1) is 0 Å². The Morgan fingerprint density at radius 1 is 1.25 bits per heavy atom. The first-order valence-corrected chi connectivity index (χ1v) is 8.29. The average Bonchev–Trinajstić information content (AvgIpc) is 2.93. The fourth-order valence-electron chi connectivity index (χ4n) is 3.82. The van der Waals surface area contributed by atoms with Gasteiger partial charge >= 0.3 is 0 Å². The summed E-state index contributed by atoms with van der Waals surface area (Å²) in [6.45, 7) is 10.7. The van der Waals surface area contributed by atoms with E-state index in [-0.39, 0.29) is 0 Å². The first-order valence-electron chi connectivity index (χ1n) is 8.29. The Balaban J connectivity index is 1.85. The normalized spacial score (nSPS) is 27.1. The molecule has 0 saturated carbocycles. The monoisotopic (exact) mass is 272 g/mol. The zero-order valence-electron chi connectivity index (χ0n) is 13.2. The second-order valence-electron chi connectivity index (χ2n) is 6.76. The van der Waals surface area contributed by atoms with Gasteiger partial charge in [-0.25, -0.2) is 0 Å². The minimum atomic E-state index is 0.614. The van der Waals surface area contributed by atoms with Crippen molar-refractivity contribution in [2.24, 2.45) is 0 Å². The molecule has 1 aromatic rings. The SMILES string of the molecule is CCC1CN2CCCC2CN1c1cccc(C(C)C)c1. The van der Waals surface area contributed by atoms with Crippen molar-refractivity contribution < 1.29 is 0 Å². The van der Waals surface area contributed by atoms with Gasteiger partial charge in [-0.2, -0.15) is 0 Å². The summed E-state index contributed by atoms with van der Waals surface area (Å²) in [4.78, 5) is 5.40. The molecule has 0 spiro atoms. The number of anilines is 1. The number of piperazine rings is 1. The summed E-state index contributed by atoms with van der Waals surface area (Å²) < 4.78 is 0. The molecule has 2 unspecified atom stereocenters. The van der Waals surface area contributed by atoms with Gasteiger partial charge in [0.2, 0.25) is 0 Å². The lowest BCUT2D eigenvalue weighted by Crippen LogP contribution is -2.56. The van der Waals surface area contributed by atoms with Gasteiger partial charge in [-0.3, -0.25) is 4.90 Å². The first kappa shape index (κ1) is 13.9. The van der Waals surface area contributed by atoms with Gasteiger partial charge in [0.1, 0.15) is 0 Å². The average molecular weight is 272 g/mol. The maximum absolute atomic E-state index is 2.72. The largest absolute Gasteiger partial charge is 0.366 e. The fraction of sp³-hybridized carbons (Fsp3) is 0.667. The van der Waals surface area contributed by atoms with Crippen molar-refractivity contribution in [3.63, 3.8) is 0 Å². The molecule has 0 N–H and O–H groups in total. The molecule has 2 atom stereocenters. The Labute approximate surface area is 123 Å². The van der Waals surface area contributed by atoms with Crippen molar-refractivity contribution >= 4 is 5.69 Å². The van der Waals surface area contributed by atoms with Gasteiger partial charge in [0.05, 0.1) is 0 Å². The summed E-state index contributed by atoms with van der Waals surface area (Å²) in [5.41, 5.74) is 2.90. The lowest BCUT2D eigenvalue weighted by molar-refractivity contribution is 0.194. The van der Waals surface area contributed by atoms with Crippen molar-refractivity contribution in [2.45, 2.75) is 58.0 Å². The molecule has 2 saturated heterocycles. The summed E-state index contributed by atoms with van der Waals surface area (Å²) in [5.74, 6) is 0.614. The van der Waals surface area contributed by atoms with E-state index < -0.39 is 0 Å². The van der Waals surface area contributed by atoms with Crippen LogP contribution in [-0.4, -0.2) is 36.6 Å². The minimum absolute atomic E-state index is 0.614. The zero-order valence-corrected chi connectivity index (χ0v) is 13.2. The Hall–Kier alpha value is -1.02. The Kier molecular flexibility index (Phi) is 4.02. The van der Waals surface area contributed by atoms with Crippen molar-refractivity contribution in [1.29, 1.82) is 0 Å². The second kappa shape index (κ2) is 5.77. The van der Waals surface area contributed by atoms with Crippen molar-refractivity contribution in [3.05, 3.63) is 29.8 Å². The Morgan fingerprint density at radius 2 is 2.10 bits per heavy atom. The standard InChI is InChI=1S/C18H28N2/c1-4-16-12-19-10-6-9-18(19)13-20(16)17-8-5-7-15(11-17)14(2)3/h5,7-8,11,14,16,18H,4,6,9-10,12-13H2,1-3H3. The van der Waals surface area contributed by atoms with Crippen LogP contribution in [0.2, 0.25) is 0 Å². The van der Waals surface area contributed by atoms with E-state index >= 15 is 0 Å². The molecule has 2 heterocycles. The van der Waals surface area contributed by atoms with E-state index in [2.05, 4.69) is 54.8 Å². The van der Waals surface area contributed by atoms with Crippen LogP contribution in [0.15, 0.2) is 24.3 Å². The summed E-state index contributed by atoms with van der Waals surface area (Å²) in [5, 5.41) is 0. The van der Waals surface area contributed by atoms with Crippen LogP contribution in [0, 0.1) is 0 Å². The van der Waals surface area contributed by atoms with E-state index in [1.54, 1.807) is 0 Å². The Morgan fingerprint density at radius 3 is 2.85 bits per heavy atom. The summed E-state index contributed by atoms with van der Waals surface area (Å²) >= 11 is 0. The highest BCUT2D eigenvalue weighted by atomic mass is 15.3. The van der Waals surface area contributed by atoms with Crippen LogP contribution in [0.5, 0.6) is 0 Å². The van der Waals surface area contributed by atoms with Crippen LogP contribution in [0.25, 0.3) is 0 Å². The van der Waals surface area contributed by atoms with Crippen LogP contribution >= 0.6 is 0 Å². The Bertz CT molecular complexity index is 454. The van der Waals surface area contributed by atoms with Gasteiger partial charge in [0.25, 0.3) is 0 Å². The van der Waals surface area contributed by atoms with Gasteiger partial charge in [0, 0.05) is 30.9 Å². The van der Waals surface area contributed by atoms with Crippen LogP contribution in [0.1, 0.15) is 51.5 Å². The van der Waals surface area contributed by atoms with Crippen molar-refractivity contribution in [1.82, 2.24) is 4.90 Å². The molecule has 0 radical (unpaired) electrons. The van der Waals surface area contributed by atoms with E-state index in [4.69, 9.17) is 0 Å². The molecule has 2 nitrogen and oxygen atoms in total. The summed E-state index contributed by atoms with van der Waals surface area (Å²) in [6.07, 6.45) is 4.02. The molecular weight excluding hydrogens is 244 g/mol. The van der Waals surface area contributed by atoms with Gasteiger partial charge in [-0.1, -0.05) is 32.9 Å². The minimum Gasteiger partial charge on any atom is -0.366 e. The van der Waals surface area contributed by atoms with Crippen LogP contribution in [0.3, 0.4) is 0 Å². The number of hydrogen-bond donors (Lipinski definition) is 0. The summed E-state index contributed by atoms with van der Waals surface area (Å²) in [7, 11) is 0. The van der Waals surface area contributed by atoms with Crippen LogP contribution < -0.4 is 4.90 Å². The van der Waals surface area contributed by atoms with Crippen molar-refractivity contribution in [3.8, 4) is 0 Å². The topological polar surface area (TPSA) is 6.48 Å². The van der Waals surface area contributed by atoms with E-state index in [9.17, 15) is 0 Å². The quantitative estimate of drug-likeness (QED) is 0.824. The highest BCUT2D eigenvalue weighted by Gasteiger charge is 2.35. The molecule has 0 aliphatic carbocycles. The lowest BCUT2D eigenvalue weighted by atomic mass is 10.00. The number of hydrogen-bond acceptors (Lipinski definition) is 2. The third kappa shape index (κ3) is 2.58. The molecule has 0 amide bonds. The van der Waals surface area contributed by atoms with E-state index in [0.29, 0.717) is 12.0 Å². The second-order valence-corrected chi connectivity index (χ2v) is 6.76. The first-order chi connectivity index (χ1) is 9.69. The number of fused-ring (bicyclic) bond motifs is 1. The maximum Gasteiger partial charge on any atom is 0.0415 e. The molecule has 2 fully saturated rings. The van der Waals surface area contributed by atoms with E-state index in [0.717, 1.165) is 6.04 Å². The molecular formula is C18H28N2. The van der Waals surface area contributed by atoms with E-state index in [1.165, 1.54) is 50.1 Å². The predicted octanol–water partition coefficient (Wildman–Crippen LogP) is 3.87. The van der Waals surface area contributed by atoms with Crippen LogP contribution in [0.4, 0.5) is 5.69 Å². The van der Waals surface area contributed by atoms with Crippen molar-refractivity contribution in [2.75, 3.05) is 24.5 Å². The predicted molar refractivity (Wildman–Crippen MR) is 86.6 cm³/mol. The smallest absolute Gasteiger partial charge is 0.0415 e. The fourth-order valence-corrected chi connectivity index (χ4v) is 3.82.